The molecule has 0 bridgehead atoms. The summed E-state index contributed by atoms with van der Waals surface area (Å²) < 4.78 is 0. The molecule has 0 saturated heterocycles. The van der Waals surface area contributed by atoms with Crippen LogP contribution in [0.1, 0.15) is 302 Å². The maximum atomic E-state index is 2.42. The predicted octanol–water partition coefficient (Wildman–Crippen LogP) is 20.4. The summed E-state index contributed by atoms with van der Waals surface area (Å²) in [5, 5.41) is 0. The van der Waals surface area contributed by atoms with Crippen LogP contribution < -0.4 is 0 Å². The molecular formula is C61H112. The van der Waals surface area contributed by atoms with Crippen molar-refractivity contribution in [1.82, 2.24) is 0 Å². The zero-order valence-corrected chi connectivity index (χ0v) is 44.6. The Labute approximate surface area is 385 Å². The van der Waals surface area contributed by atoms with Crippen LogP contribution in [0.2, 0.25) is 0 Å². The van der Waals surface area contributed by atoms with Crippen LogP contribution in [0.15, 0.2) is 0 Å². The maximum Gasteiger partial charge on any atom is -0.0261 e. The second-order valence-corrected chi connectivity index (χ2v) is 30.3. The van der Waals surface area contributed by atoms with E-state index in [2.05, 4.69) is 96.9 Å². The summed E-state index contributed by atoms with van der Waals surface area (Å²) in [7, 11) is 0. The molecule has 10 rings (SSSR count). The van der Waals surface area contributed by atoms with E-state index < -0.39 is 0 Å². The predicted molar refractivity (Wildman–Crippen MR) is 270 cm³/mol. The van der Waals surface area contributed by atoms with Crippen molar-refractivity contribution in [2.75, 3.05) is 0 Å². The van der Waals surface area contributed by atoms with Gasteiger partial charge in [-0.15, -0.1) is 0 Å². The van der Waals surface area contributed by atoms with Crippen molar-refractivity contribution in [3.8, 4) is 0 Å². The van der Waals surface area contributed by atoms with Crippen molar-refractivity contribution in [3.63, 3.8) is 0 Å². The Balaban J connectivity index is 0.000000128. The lowest BCUT2D eigenvalue weighted by Crippen LogP contribution is -2.44. The molecule has 10 aliphatic rings. The first-order chi connectivity index (χ1) is 28.3. The highest BCUT2D eigenvalue weighted by molar-refractivity contribution is 5.08. The second-order valence-electron chi connectivity index (χ2n) is 30.3. The molecule has 0 aromatic heterocycles. The van der Waals surface area contributed by atoms with Crippen molar-refractivity contribution in [3.05, 3.63) is 0 Å². The SMILES string of the molecule is CC(C)(C)C1CC12CCCC2.CC(C)(C)C1CCC2(CCC2)CC1.CC(C)(C)C1CCC2(CCCC2)C1.CC(C)(C)C1CCC2(CCCC2)CC1.CC(C)C1CC2(CCC2)C1. The average molecular weight is 846 g/mol. The molecule has 10 saturated carbocycles. The third kappa shape index (κ3) is 12.9. The number of hydrogen-bond donors (Lipinski definition) is 0. The molecule has 0 heterocycles. The molecule has 356 valence electrons. The van der Waals surface area contributed by atoms with Crippen LogP contribution in [-0.4, -0.2) is 0 Å². The van der Waals surface area contributed by atoms with Crippen molar-refractivity contribution in [2.24, 2.45) is 84.2 Å². The van der Waals surface area contributed by atoms with E-state index in [-0.39, 0.29) is 0 Å². The van der Waals surface area contributed by atoms with Crippen molar-refractivity contribution >= 4 is 0 Å². The molecule has 2 unspecified atom stereocenters. The van der Waals surface area contributed by atoms with Gasteiger partial charge >= 0.3 is 0 Å². The third-order valence-electron chi connectivity index (χ3n) is 21.8. The minimum atomic E-state index is 0.556. The zero-order chi connectivity index (χ0) is 44.6. The molecule has 5 spiro atoms. The van der Waals surface area contributed by atoms with Crippen molar-refractivity contribution in [1.29, 1.82) is 0 Å². The largest absolute Gasteiger partial charge is 0.0625 e. The molecule has 10 fully saturated rings. The fourth-order valence-corrected chi connectivity index (χ4v) is 16.3. The second kappa shape index (κ2) is 19.3. The Morgan fingerprint density at radius 2 is 0.639 bits per heavy atom. The van der Waals surface area contributed by atoms with Crippen molar-refractivity contribution < 1.29 is 0 Å². The van der Waals surface area contributed by atoms with Crippen LogP contribution in [0.25, 0.3) is 0 Å². The molecule has 0 amide bonds. The molecule has 2 atom stereocenters. The van der Waals surface area contributed by atoms with Gasteiger partial charge in [0.15, 0.2) is 0 Å². The third-order valence-corrected chi connectivity index (χ3v) is 21.8. The lowest BCUT2D eigenvalue weighted by atomic mass is 9.50. The fourth-order valence-electron chi connectivity index (χ4n) is 16.3. The minimum Gasteiger partial charge on any atom is -0.0625 e. The highest BCUT2D eigenvalue weighted by Crippen LogP contribution is 2.68. The zero-order valence-electron chi connectivity index (χ0n) is 44.6. The van der Waals surface area contributed by atoms with Gasteiger partial charge in [0.25, 0.3) is 0 Å². The summed E-state index contributed by atoms with van der Waals surface area (Å²) >= 11 is 0. The first-order valence-electron chi connectivity index (χ1n) is 28.3. The molecule has 10 aliphatic carbocycles. The van der Waals surface area contributed by atoms with Gasteiger partial charge in [-0.25, -0.2) is 0 Å². The summed E-state index contributed by atoms with van der Waals surface area (Å²) in [4.78, 5) is 0. The Morgan fingerprint density at radius 1 is 0.311 bits per heavy atom. The van der Waals surface area contributed by atoms with Crippen LogP contribution >= 0.6 is 0 Å². The normalized spacial score (nSPS) is 32.7. The molecule has 61 heavy (non-hydrogen) atoms. The van der Waals surface area contributed by atoms with Gasteiger partial charge < -0.3 is 0 Å². The topological polar surface area (TPSA) is 0 Å². The Bertz CT molecular complexity index is 1290. The molecular weight excluding hydrogens is 733 g/mol. The number of rotatable bonds is 1. The Kier molecular flexibility index (Phi) is 16.0. The number of hydrogen-bond acceptors (Lipinski definition) is 0. The molecule has 0 aliphatic heterocycles. The summed E-state index contributed by atoms with van der Waals surface area (Å²) in [6, 6.07) is 0. The molecule has 0 heteroatoms. The Morgan fingerprint density at radius 3 is 0.934 bits per heavy atom. The highest BCUT2D eigenvalue weighted by Gasteiger charge is 2.59. The molecule has 0 N–H and O–H groups in total. The van der Waals surface area contributed by atoms with Gasteiger partial charge in [0.1, 0.15) is 0 Å². The summed E-state index contributed by atoms with van der Waals surface area (Å²) in [6.07, 6.45) is 48.9. The van der Waals surface area contributed by atoms with Gasteiger partial charge in [-0.3, -0.25) is 0 Å². The van der Waals surface area contributed by atoms with Crippen LogP contribution in [0.5, 0.6) is 0 Å². The lowest BCUT2D eigenvalue weighted by Gasteiger charge is -2.55. The standard InChI is InChI=1S/C14H26.2C13H24.C11H20.C10H18/c1-13(2,3)12-6-10-14(11-7-12)8-4-5-9-14;1-12(2,3)11-5-9-13(10-6-11)7-4-8-13;1-12(2,3)11-6-9-13(10-11)7-4-5-8-13;1-10(2,3)9-8-11(9)6-4-5-7-11;1-8(2)9-6-10(7-9)4-3-5-10/h12H,4-11H2,1-3H3;2*11H,4-10H2,1-3H3;9H,4-8H2,1-3H3;8-9H,3-7H2,1-2H3. The van der Waals surface area contributed by atoms with Gasteiger partial charge in [0.05, 0.1) is 0 Å². The monoisotopic (exact) mass is 845 g/mol. The first kappa shape index (κ1) is 50.4. The van der Waals surface area contributed by atoms with Gasteiger partial charge in [-0.1, -0.05) is 148 Å². The van der Waals surface area contributed by atoms with E-state index in [0.29, 0.717) is 21.7 Å². The van der Waals surface area contributed by atoms with Crippen LogP contribution in [0.4, 0.5) is 0 Å². The lowest BCUT2D eigenvalue weighted by molar-refractivity contribution is -0.0435. The molecule has 0 aromatic rings. The van der Waals surface area contributed by atoms with Crippen LogP contribution in [0.3, 0.4) is 0 Å². The minimum absolute atomic E-state index is 0.556. The molecule has 0 radical (unpaired) electrons. The molecule has 0 nitrogen and oxygen atoms in total. The summed E-state index contributed by atoms with van der Waals surface area (Å²) in [6.45, 7) is 33.7. The van der Waals surface area contributed by atoms with Crippen molar-refractivity contribution in [2.45, 2.75) is 302 Å². The molecule has 0 aromatic carbocycles. The van der Waals surface area contributed by atoms with E-state index in [0.717, 1.165) is 62.6 Å². The van der Waals surface area contributed by atoms with Crippen LogP contribution in [-0.2, 0) is 0 Å². The van der Waals surface area contributed by atoms with E-state index in [4.69, 9.17) is 0 Å². The van der Waals surface area contributed by atoms with E-state index in [1.54, 1.807) is 64.2 Å². The smallest absolute Gasteiger partial charge is 0.0261 e. The maximum absolute atomic E-state index is 2.42. The van der Waals surface area contributed by atoms with E-state index in [1.807, 2.05) is 0 Å². The van der Waals surface area contributed by atoms with Gasteiger partial charge in [0, 0.05) is 0 Å². The van der Waals surface area contributed by atoms with Gasteiger partial charge in [0.2, 0.25) is 0 Å². The summed E-state index contributed by atoms with van der Waals surface area (Å²) in [5.41, 5.74) is 6.50. The van der Waals surface area contributed by atoms with E-state index in [1.165, 1.54) is 141 Å². The van der Waals surface area contributed by atoms with Crippen LogP contribution in [0, 0.1) is 84.2 Å². The summed E-state index contributed by atoms with van der Waals surface area (Å²) in [5.74, 6) is 6.09. The van der Waals surface area contributed by atoms with Gasteiger partial charge in [-0.05, 0) is 238 Å². The average Bonchev–Trinajstić information content (AvgIpc) is 3.67. The van der Waals surface area contributed by atoms with E-state index >= 15 is 0 Å². The first-order valence-corrected chi connectivity index (χ1v) is 28.3. The quantitative estimate of drug-likeness (QED) is 0.247. The van der Waals surface area contributed by atoms with Gasteiger partial charge in [-0.2, -0.15) is 0 Å². The highest BCUT2D eigenvalue weighted by atomic mass is 14.6. The van der Waals surface area contributed by atoms with E-state index in [9.17, 15) is 0 Å². The fraction of sp³-hybridized carbons (Fsp3) is 1.00. The Hall–Kier alpha value is 0.